The van der Waals surface area contributed by atoms with E-state index in [1.165, 1.54) is 0 Å². The number of aryl methyl sites for hydroxylation is 3. The van der Waals surface area contributed by atoms with Crippen LogP contribution in [0.15, 0.2) is 166 Å². The summed E-state index contributed by atoms with van der Waals surface area (Å²) in [6, 6.07) is 43.4. The second kappa shape index (κ2) is 26.5. The summed E-state index contributed by atoms with van der Waals surface area (Å²) >= 11 is 0. The second-order valence-electron chi connectivity index (χ2n) is 23.1. The molecule has 0 spiro atoms. The fourth-order valence-corrected chi connectivity index (χ4v) is 12.1. The van der Waals surface area contributed by atoms with Crippen LogP contribution in [-0.2, 0) is 66.5 Å². The number of aromatic nitrogens is 18. The number of ether oxygens (including phenoxy) is 6. The maximum Gasteiger partial charge on any atom is 0.187 e. The van der Waals surface area contributed by atoms with Gasteiger partial charge in [-0.1, -0.05) is 91.8 Å². The molecule has 0 radical (unpaired) electrons. The van der Waals surface area contributed by atoms with Gasteiger partial charge < -0.3 is 42.0 Å². The first-order valence-corrected chi connectivity index (χ1v) is 31.3. The van der Waals surface area contributed by atoms with Gasteiger partial charge in [0.15, 0.2) is 11.5 Å². The highest BCUT2D eigenvalue weighted by atomic mass is 16.5. The van der Waals surface area contributed by atoms with E-state index in [0.717, 1.165) is 148 Å². The zero-order valence-corrected chi connectivity index (χ0v) is 54.0. The summed E-state index contributed by atoms with van der Waals surface area (Å²) in [7, 11) is 4.95. The molecule has 27 nitrogen and oxygen atoms in total. The highest BCUT2D eigenvalue weighted by Gasteiger charge is 2.32. The van der Waals surface area contributed by atoms with Gasteiger partial charge in [-0.15, -0.1) is 15.3 Å². The third kappa shape index (κ3) is 11.9. The first-order chi connectivity index (χ1) is 47.6. The summed E-state index contributed by atoms with van der Waals surface area (Å²) in [5.74, 6) is 4.21. The molecule has 3 aliphatic rings. The average Bonchev–Trinajstić information content (AvgIpc) is 1.61. The molecular formula is C70H64N18O9. The monoisotopic (exact) mass is 1300 g/mol. The molecule has 0 unspecified atom stereocenters. The van der Waals surface area contributed by atoms with Crippen LogP contribution in [0.2, 0.25) is 0 Å². The Morgan fingerprint density at radius 1 is 0.392 bits per heavy atom. The molecule has 12 heterocycles. The molecule has 0 N–H and O–H groups in total. The molecule has 9 aromatic heterocycles. The Kier molecular flexibility index (Phi) is 16.7. The molecule has 97 heavy (non-hydrogen) atoms. The summed E-state index contributed by atoms with van der Waals surface area (Å²) < 4.78 is 62.2. The summed E-state index contributed by atoms with van der Waals surface area (Å²) in [4.78, 5) is 14.0. The van der Waals surface area contributed by atoms with Gasteiger partial charge in [0, 0.05) is 62.3 Å². The molecule has 14 aromatic rings. The Balaban J connectivity index is 0.000000120. The standard InChI is InChI=1S/2C25H22N6O3.C20H20N6O3/c1-16-10-24(34-28-16)25-23-12-21-19(14-33-13-17-6-4-3-5-7-17)27-29-31(21)22-11-18(32-2)8-9-20(22)30(23)15-26-25;1-16-10-19(28-34-16)25-24-12-22-20(14-33-13-17-6-4-3-5-7-17)27-29-31(22)23-11-18(32-2)8-9-21(23)30(24)15-26-25;1-4-28-10-14-16-9-18-20(19-7-12(2)23-29-19)21-11-25(18)15-6-5-13(27-3)8-17(15)26(16)24-22-14/h2*3-11,15H,12-14H2,1-2H3;5-8,11H,4,9-10H2,1-3H3. The van der Waals surface area contributed by atoms with Crippen molar-refractivity contribution in [2.75, 3.05) is 27.9 Å². The predicted octanol–water partition coefficient (Wildman–Crippen LogP) is 11.0. The smallest absolute Gasteiger partial charge is 0.187 e. The molecule has 0 saturated carbocycles. The van der Waals surface area contributed by atoms with Gasteiger partial charge >= 0.3 is 0 Å². The van der Waals surface area contributed by atoms with Gasteiger partial charge in [-0.25, -0.2) is 29.0 Å². The topological polar surface area (TPSA) is 279 Å². The van der Waals surface area contributed by atoms with E-state index in [0.29, 0.717) is 76.1 Å². The fraction of sp³-hybridized carbons (Fsp3) is 0.229. The van der Waals surface area contributed by atoms with Gasteiger partial charge in [0.2, 0.25) is 0 Å². The first kappa shape index (κ1) is 61.3. The third-order valence-corrected chi connectivity index (χ3v) is 16.9. The summed E-state index contributed by atoms with van der Waals surface area (Å²) in [5.41, 5.74) is 20.2. The Labute approximate surface area is 554 Å². The zero-order chi connectivity index (χ0) is 66.1. The number of benzene rings is 5. The fourth-order valence-electron chi connectivity index (χ4n) is 12.1. The van der Waals surface area contributed by atoms with Crippen LogP contribution >= 0.6 is 0 Å². The minimum atomic E-state index is 0.342. The van der Waals surface area contributed by atoms with Crippen molar-refractivity contribution in [3.8, 4) is 85.7 Å². The van der Waals surface area contributed by atoms with Gasteiger partial charge in [0.25, 0.3) is 0 Å². The van der Waals surface area contributed by atoms with Crippen molar-refractivity contribution >= 4 is 0 Å². The summed E-state index contributed by atoms with van der Waals surface area (Å²) in [6.45, 7) is 10.3. The van der Waals surface area contributed by atoms with Crippen LogP contribution in [0.3, 0.4) is 0 Å². The van der Waals surface area contributed by atoms with E-state index in [9.17, 15) is 0 Å². The second-order valence-corrected chi connectivity index (χ2v) is 23.1. The lowest BCUT2D eigenvalue weighted by Crippen LogP contribution is -2.05. The first-order valence-electron chi connectivity index (χ1n) is 31.3. The van der Waals surface area contributed by atoms with Gasteiger partial charge in [-0.05, 0) is 75.2 Å². The molecule has 0 amide bonds. The molecular weight excluding hydrogens is 1240 g/mol. The maximum absolute atomic E-state index is 6.00. The number of rotatable bonds is 17. The number of nitrogens with zero attached hydrogens (tertiary/aromatic N) is 18. The van der Waals surface area contributed by atoms with Crippen LogP contribution in [0.4, 0.5) is 0 Å². The van der Waals surface area contributed by atoms with Crippen LogP contribution in [-0.4, -0.2) is 117 Å². The Hall–Kier alpha value is -11.9. The lowest BCUT2D eigenvalue weighted by molar-refractivity contribution is 0.104. The highest BCUT2D eigenvalue weighted by molar-refractivity contribution is 5.68. The molecule has 3 aliphatic heterocycles. The number of imidazole rings is 3. The molecule has 488 valence electrons. The van der Waals surface area contributed by atoms with E-state index in [4.69, 9.17) is 42.0 Å². The van der Waals surface area contributed by atoms with E-state index in [1.54, 1.807) is 34.0 Å². The molecule has 0 saturated heterocycles. The van der Waals surface area contributed by atoms with Crippen LogP contribution < -0.4 is 14.2 Å². The number of hydrogen-bond acceptors (Lipinski definition) is 21. The third-order valence-electron chi connectivity index (χ3n) is 16.9. The van der Waals surface area contributed by atoms with E-state index < -0.39 is 0 Å². The average molecular weight is 1300 g/mol. The van der Waals surface area contributed by atoms with Crippen molar-refractivity contribution in [2.45, 2.75) is 80.0 Å². The number of hydrogen-bond donors (Lipinski definition) is 0. The van der Waals surface area contributed by atoms with E-state index in [1.807, 2.05) is 182 Å². The largest absolute Gasteiger partial charge is 0.497 e. The molecule has 0 atom stereocenters. The Bertz CT molecular complexity index is 4900. The molecule has 17 rings (SSSR count). The van der Waals surface area contributed by atoms with Crippen molar-refractivity contribution in [3.05, 3.63) is 232 Å². The Morgan fingerprint density at radius 2 is 0.784 bits per heavy atom. The van der Waals surface area contributed by atoms with Gasteiger partial charge in [0.05, 0.1) is 134 Å². The number of methoxy groups -OCH3 is 3. The highest BCUT2D eigenvalue weighted by Crippen LogP contribution is 2.39. The molecule has 5 aromatic carbocycles. The van der Waals surface area contributed by atoms with Gasteiger partial charge in [0.1, 0.15) is 81.8 Å². The molecule has 0 aliphatic carbocycles. The summed E-state index contributed by atoms with van der Waals surface area (Å²) in [6.07, 6.45) is 7.08. The normalized spacial score (nSPS) is 12.1. The minimum Gasteiger partial charge on any atom is -0.497 e. The van der Waals surface area contributed by atoms with E-state index >= 15 is 0 Å². The van der Waals surface area contributed by atoms with Crippen molar-refractivity contribution in [2.24, 2.45) is 0 Å². The number of fused-ring (bicyclic) bond motifs is 15. The van der Waals surface area contributed by atoms with Crippen LogP contribution in [0.1, 0.15) is 86.4 Å². The van der Waals surface area contributed by atoms with E-state index in [-0.39, 0.29) is 0 Å². The Morgan fingerprint density at radius 3 is 1.14 bits per heavy atom. The van der Waals surface area contributed by atoms with E-state index in [2.05, 4.69) is 75.1 Å². The maximum atomic E-state index is 6.00. The van der Waals surface area contributed by atoms with Crippen molar-refractivity contribution in [3.63, 3.8) is 0 Å². The van der Waals surface area contributed by atoms with Crippen molar-refractivity contribution < 1.29 is 42.0 Å². The zero-order valence-electron chi connectivity index (χ0n) is 54.0. The molecule has 0 bridgehead atoms. The van der Waals surface area contributed by atoms with Crippen molar-refractivity contribution in [1.29, 1.82) is 0 Å². The van der Waals surface area contributed by atoms with Crippen LogP contribution in [0.5, 0.6) is 17.2 Å². The summed E-state index contributed by atoms with van der Waals surface area (Å²) in [5, 5.41) is 39.0. The van der Waals surface area contributed by atoms with Crippen molar-refractivity contribution in [1.82, 2.24) is 89.1 Å². The predicted molar refractivity (Wildman–Crippen MR) is 349 cm³/mol. The van der Waals surface area contributed by atoms with Crippen LogP contribution in [0.25, 0.3) is 68.4 Å². The lowest BCUT2D eigenvalue weighted by Gasteiger charge is -2.11. The minimum absolute atomic E-state index is 0.342. The molecule has 0 fully saturated rings. The van der Waals surface area contributed by atoms with Gasteiger partial charge in [-0.3, -0.25) is 13.7 Å². The van der Waals surface area contributed by atoms with Gasteiger partial charge in [-0.2, -0.15) is 0 Å². The quantitative estimate of drug-likeness (QED) is 0.0819. The SMILES string of the molecule is CCOCc1nnn2c1Cc1c(-c3cc(C)no3)ncn1-c1ccc(OC)cc1-2.COc1ccc2c(c1)-n1nnc(COCc3ccccc3)c1Cc1c(-c3cc(C)no3)ncn1-2.COc1ccc2c(c1)-n1nnc(COCc3ccccc3)c1Cc1c(-c3cc(C)on3)ncn1-2. The van der Waals surface area contributed by atoms with Crippen LogP contribution in [0, 0.1) is 20.8 Å². The lowest BCUT2D eigenvalue weighted by atomic mass is 10.1. The molecule has 27 heteroatoms.